The van der Waals surface area contributed by atoms with Crippen LogP contribution in [0.4, 0.5) is 0 Å². The zero-order chi connectivity index (χ0) is 42.3. The van der Waals surface area contributed by atoms with Crippen LogP contribution in [0.3, 0.4) is 0 Å². The van der Waals surface area contributed by atoms with E-state index in [0.717, 1.165) is 70.6 Å². The maximum absolute atomic E-state index is 12.7. The van der Waals surface area contributed by atoms with Gasteiger partial charge >= 0.3 is 17.9 Å². The molecule has 0 bridgehead atoms. The van der Waals surface area contributed by atoms with Crippen molar-refractivity contribution in [3.05, 3.63) is 24.3 Å². The molecule has 6 heteroatoms. The lowest BCUT2D eigenvalue weighted by Crippen LogP contribution is -2.30. The van der Waals surface area contributed by atoms with Crippen molar-refractivity contribution >= 4 is 17.9 Å². The first kappa shape index (κ1) is 55.9. The molecule has 0 aromatic carbocycles. The molecule has 0 aromatic heterocycles. The molecule has 0 aliphatic heterocycles. The van der Waals surface area contributed by atoms with E-state index in [1.54, 1.807) is 0 Å². The van der Waals surface area contributed by atoms with Gasteiger partial charge in [0.15, 0.2) is 6.10 Å². The van der Waals surface area contributed by atoms with E-state index in [2.05, 4.69) is 45.1 Å². The Morgan fingerprint density at radius 1 is 0.328 bits per heavy atom. The monoisotopic (exact) mass is 817 g/mol. The van der Waals surface area contributed by atoms with Crippen molar-refractivity contribution in [2.24, 2.45) is 0 Å². The van der Waals surface area contributed by atoms with Gasteiger partial charge in [-0.15, -0.1) is 0 Å². The van der Waals surface area contributed by atoms with Gasteiger partial charge in [0.1, 0.15) is 13.2 Å². The van der Waals surface area contributed by atoms with Gasteiger partial charge in [0.05, 0.1) is 0 Å². The van der Waals surface area contributed by atoms with Gasteiger partial charge in [0.25, 0.3) is 0 Å². The number of carbonyl (C=O) groups excluding carboxylic acids is 3. The van der Waals surface area contributed by atoms with Crippen LogP contribution in [-0.2, 0) is 28.6 Å². The van der Waals surface area contributed by atoms with E-state index in [-0.39, 0.29) is 31.1 Å². The van der Waals surface area contributed by atoms with E-state index in [1.165, 1.54) is 161 Å². The molecule has 0 aromatic rings. The van der Waals surface area contributed by atoms with Crippen LogP contribution in [0.5, 0.6) is 0 Å². The van der Waals surface area contributed by atoms with Crippen molar-refractivity contribution in [1.29, 1.82) is 0 Å². The Hall–Kier alpha value is -2.11. The summed E-state index contributed by atoms with van der Waals surface area (Å²) in [6, 6.07) is 0. The Bertz CT molecular complexity index is 942. The molecule has 0 heterocycles. The van der Waals surface area contributed by atoms with Crippen molar-refractivity contribution in [2.75, 3.05) is 13.2 Å². The molecule has 58 heavy (non-hydrogen) atoms. The van der Waals surface area contributed by atoms with Gasteiger partial charge in [-0.2, -0.15) is 0 Å². The van der Waals surface area contributed by atoms with Crippen LogP contribution in [0.25, 0.3) is 0 Å². The van der Waals surface area contributed by atoms with Gasteiger partial charge in [-0.1, -0.05) is 212 Å². The zero-order valence-corrected chi connectivity index (χ0v) is 38.8. The SMILES string of the molecule is CCCCCC/C=C\CCCC(=O)OCC(COC(=O)CCCCCCCCCCCCCCCCCCCC)OC(=O)CCCCC/C=C\CCCCCCCC. The average Bonchev–Trinajstić information content (AvgIpc) is 3.22. The normalized spacial score (nSPS) is 12.1. The molecule has 0 radical (unpaired) electrons. The molecule has 0 fully saturated rings. The predicted octanol–water partition coefficient (Wildman–Crippen LogP) is 16.4. The highest BCUT2D eigenvalue weighted by atomic mass is 16.6. The molecule has 6 nitrogen and oxygen atoms in total. The summed E-state index contributed by atoms with van der Waals surface area (Å²) in [5.74, 6) is -0.926. The molecule has 0 saturated heterocycles. The third-order valence-corrected chi connectivity index (χ3v) is 11.2. The second kappa shape index (κ2) is 47.6. The van der Waals surface area contributed by atoms with Gasteiger partial charge in [-0.3, -0.25) is 14.4 Å². The first-order valence-electron chi connectivity index (χ1n) is 25.3. The topological polar surface area (TPSA) is 78.9 Å². The minimum absolute atomic E-state index is 0.0823. The zero-order valence-electron chi connectivity index (χ0n) is 38.8. The van der Waals surface area contributed by atoms with Crippen LogP contribution in [0.1, 0.15) is 271 Å². The molecule has 0 amide bonds. The van der Waals surface area contributed by atoms with E-state index in [1.807, 2.05) is 0 Å². The lowest BCUT2D eigenvalue weighted by Gasteiger charge is -2.18. The standard InChI is InChI=1S/C52H96O6/c1-4-7-10-13-16-19-21-23-24-25-26-27-29-30-33-36-39-42-45-51(54)57-48-49(47-56-50(53)44-41-38-35-32-18-15-12-9-6-3)58-52(55)46-43-40-37-34-31-28-22-20-17-14-11-8-5-2/h28,31-32,35,49H,4-27,29-30,33-34,36-48H2,1-3H3/b31-28-,35-32-. The van der Waals surface area contributed by atoms with Crippen LogP contribution in [0.2, 0.25) is 0 Å². The Morgan fingerprint density at radius 3 is 0.966 bits per heavy atom. The number of ether oxygens (including phenoxy) is 3. The molecule has 340 valence electrons. The number of rotatable bonds is 46. The lowest BCUT2D eigenvalue weighted by atomic mass is 10.0. The first-order valence-corrected chi connectivity index (χ1v) is 25.3. The van der Waals surface area contributed by atoms with Gasteiger partial charge in [-0.05, 0) is 64.2 Å². The number of esters is 3. The highest BCUT2D eigenvalue weighted by Gasteiger charge is 2.19. The van der Waals surface area contributed by atoms with E-state index < -0.39 is 6.10 Å². The van der Waals surface area contributed by atoms with Crippen LogP contribution in [0.15, 0.2) is 24.3 Å². The maximum atomic E-state index is 12.7. The summed E-state index contributed by atoms with van der Waals surface area (Å²) in [6.07, 6.45) is 53.2. The molecule has 0 saturated carbocycles. The lowest BCUT2D eigenvalue weighted by molar-refractivity contribution is -0.167. The van der Waals surface area contributed by atoms with E-state index in [9.17, 15) is 14.4 Å². The second-order valence-corrected chi connectivity index (χ2v) is 17.1. The number of hydrogen-bond acceptors (Lipinski definition) is 6. The predicted molar refractivity (Wildman–Crippen MR) is 247 cm³/mol. The van der Waals surface area contributed by atoms with Gasteiger partial charge in [0, 0.05) is 19.3 Å². The fourth-order valence-electron chi connectivity index (χ4n) is 7.32. The quantitative estimate of drug-likeness (QED) is 0.0263. The number of hydrogen-bond donors (Lipinski definition) is 0. The van der Waals surface area contributed by atoms with Crippen molar-refractivity contribution in [2.45, 2.75) is 277 Å². The van der Waals surface area contributed by atoms with Gasteiger partial charge < -0.3 is 14.2 Å². The molecule has 0 aliphatic rings. The molecule has 0 aliphatic carbocycles. The fourth-order valence-corrected chi connectivity index (χ4v) is 7.32. The van der Waals surface area contributed by atoms with Crippen LogP contribution < -0.4 is 0 Å². The highest BCUT2D eigenvalue weighted by molar-refractivity contribution is 5.71. The van der Waals surface area contributed by atoms with Gasteiger partial charge in [-0.25, -0.2) is 0 Å². The van der Waals surface area contributed by atoms with Crippen molar-refractivity contribution in [3.63, 3.8) is 0 Å². The third kappa shape index (κ3) is 45.0. The summed E-state index contributed by atoms with van der Waals surface area (Å²) in [5.41, 5.74) is 0. The summed E-state index contributed by atoms with van der Waals surface area (Å²) >= 11 is 0. The highest BCUT2D eigenvalue weighted by Crippen LogP contribution is 2.16. The van der Waals surface area contributed by atoms with Crippen LogP contribution in [-0.4, -0.2) is 37.2 Å². The Labute approximate surface area is 360 Å². The van der Waals surface area contributed by atoms with Crippen LogP contribution in [0, 0.1) is 0 Å². The van der Waals surface area contributed by atoms with E-state index >= 15 is 0 Å². The number of carbonyl (C=O) groups is 3. The summed E-state index contributed by atoms with van der Waals surface area (Å²) in [5, 5.41) is 0. The minimum Gasteiger partial charge on any atom is -0.462 e. The number of unbranched alkanes of at least 4 members (excludes halogenated alkanes) is 31. The van der Waals surface area contributed by atoms with E-state index in [4.69, 9.17) is 14.2 Å². The summed E-state index contributed by atoms with van der Waals surface area (Å²) in [7, 11) is 0. The van der Waals surface area contributed by atoms with Crippen molar-refractivity contribution in [3.8, 4) is 0 Å². The second-order valence-electron chi connectivity index (χ2n) is 17.1. The van der Waals surface area contributed by atoms with Crippen molar-refractivity contribution in [1.82, 2.24) is 0 Å². The number of allylic oxidation sites excluding steroid dienone is 4. The summed E-state index contributed by atoms with van der Waals surface area (Å²) in [6.45, 7) is 6.58. The Morgan fingerprint density at radius 2 is 0.586 bits per heavy atom. The molecular formula is C52H96O6. The van der Waals surface area contributed by atoms with Gasteiger partial charge in [0.2, 0.25) is 0 Å². The first-order chi connectivity index (χ1) is 28.5. The Balaban J connectivity index is 4.29. The summed E-state index contributed by atoms with van der Waals surface area (Å²) in [4.78, 5) is 37.8. The molecule has 1 unspecified atom stereocenters. The van der Waals surface area contributed by atoms with Crippen LogP contribution >= 0.6 is 0 Å². The molecule has 0 spiro atoms. The average molecular weight is 817 g/mol. The largest absolute Gasteiger partial charge is 0.462 e. The fraction of sp³-hybridized carbons (Fsp3) is 0.865. The van der Waals surface area contributed by atoms with Crippen molar-refractivity contribution < 1.29 is 28.6 Å². The molecule has 0 N–H and O–H groups in total. The third-order valence-electron chi connectivity index (χ3n) is 11.2. The maximum Gasteiger partial charge on any atom is 0.306 e. The smallest absolute Gasteiger partial charge is 0.306 e. The molecular weight excluding hydrogens is 721 g/mol. The minimum atomic E-state index is -0.784. The molecule has 1 atom stereocenters. The summed E-state index contributed by atoms with van der Waals surface area (Å²) < 4.78 is 16.7. The van der Waals surface area contributed by atoms with E-state index in [0.29, 0.717) is 19.3 Å². The Kier molecular flexibility index (Phi) is 45.8. The molecule has 0 rings (SSSR count).